The third-order valence-electron chi connectivity index (χ3n) is 7.53. The first-order valence-corrected chi connectivity index (χ1v) is 11.2. The maximum atomic E-state index is 13.4. The van der Waals surface area contributed by atoms with E-state index >= 15 is 0 Å². The van der Waals surface area contributed by atoms with Crippen LogP contribution in [0.2, 0.25) is 0 Å². The Bertz CT molecular complexity index is 1130. The average molecular weight is 417 g/mol. The second kappa shape index (κ2) is 7.45. The van der Waals surface area contributed by atoms with Gasteiger partial charge in [0.2, 0.25) is 0 Å². The van der Waals surface area contributed by atoms with Crippen LogP contribution < -0.4 is 0 Å². The maximum Gasteiger partial charge on any atom is 0.123 e. The summed E-state index contributed by atoms with van der Waals surface area (Å²) in [6.45, 7) is 4.33. The fourth-order valence-electron chi connectivity index (χ4n) is 5.45. The second-order valence-electron chi connectivity index (χ2n) is 9.49. The van der Waals surface area contributed by atoms with E-state index in [0.717, 1.165) is 55.5 Å². The molecular formula is C27H29FN2O. The van der Waals surface area contributed by atoms with Crippen LogP contribution in [0.1, 0.15) is 55.0 Å². The van der Waals surface area contributed by atoms with Gasteiger partial charge >= 0.3 is 0 Å². The van der Waals surface area contributed by atoms with Gasteiger partial charge in [0, 0.05) is 5.41 Å². The van der Waals surface area contributed by atoms with Crippen molar-refractivity contribution >= 4 is 6.08 Å². The van der Waals surface area contributed by atoms with Crippen LogP contribution in [0.5, 0.6) is 0 Å². The Kier molecular flexibility index (Phi) is 4.86. The summed E-state index contributed by atoms with van der Waals surface area (Å²) in [5.74, 6) is -0.248. The molecule has 2 atom stereocenters. The van der Waals surface area contributed by atoms with Crippen molar-refractivity contribution in [2.45, 2.75) is 58.0 Å². The lowest BCUT2D eigenvalue weighted by molar-refractivity contribution is -0.0843. The molecule has 1 heterocycles. The number of aliphatic hydroxyl groups is 1. The Morgan fingerprint density at radius 3 is 2.58 bits per heavy atom. The summed E-state index contributed by atoms with van der Waals surface area (Å²) in [7, 11) is 0. The van der Waals surface area contributed by atoms with Crippen molar-refractivity contribution in [2.75, 3.05) is 0 Å². The van der Waals surface area contributed by atoms with E-state index in [2.05, 4.69) is 49.3 Å². The lowest BCUT2D eigenvalue weighted by Gasteiger charge is -2.52. The topological polar surface area (TPSA) is 38.1 Å². The molecule has 0 aliphatic heterocycles. The molecule has 1 N–H and O–H groups in total. The van der Waals surface area contributed by atoms with Gasteiger partial charge in [0.05, 0.1) is 23.2 Å². The van der Waals surface area contributed by atoms with E-state index in [9.17, 15) is 9.50 Å². The van der Waals surface area contributed by atoms with E-state index in [0.29, 0.717) is 0 Å². The van der Waals surface area contributed by atoms with E-state index in [1.165, 1.54) is 28.8 Å². The van der Waals surface area contributed by atoms with Crippen molar-refractivity contribution in [3.63, 3.8) is 0 Å². The third kappa shape index (κ3) is 3.43. The third-order valence-corrected chi connectivity index (χ3v) is 7.53. The van der Waals surface area contributed by atoms with Gasteiger partial charge in [0.25, 0.3) is 0 Å². The SMILES string of the molecule is Cc1ccc(CC[C@]2(O)CCCC3=Cc4c(cnn4-c4ccc(F)cc4)C[C@@]32C)cc1. The van der Waals surface area contributed by atoms with Crippen LogP contribution in [-0.4, -0.2) is 20.5 Å². The number of halogens is 1. The van der Waals surface area contributed by atoms with E-state index in [1.807, 2.05) is 10.9 Å². The number of benzene rings is 2. The molecule has 1 saturated carbocycles. The predicted molar refractivity (Wildman–Crippen MR) is 122 cm³/mol. The maximum absolute atomic E-state index is 13.4. The van der Waals surface area contributed by atoms with Crippen molar-refractivity contribution in [3.05, 3.63) is 88.5 Å². The van der Waals surface area contributed by atoms with Gasteiger partial charge in [-0.25, -0.2) is 9.07 Å². The molecule has 31 heavy (non-hydrogen) atoms. The smallest absolute Gasteiger partial charge is 0.123 e. The summed E-state index contributed by atoms with van der Waals surface area (Å²) < 4.78 is 15.3. The summed E-state index contributed by atoms with van der Waals surface area (Å²) in [5, 5.41) is 16.5. The van der Waals surface area contributed by atoms with Crippen LogP contribution in [0, 0.1) is 18.2 Å². The molecule has 2 aliphatic carbocycles. The molecule has 5 rings (SSSR count). The van der Waals surface area contributed by atoms with Gasteiger partial charge in [0.1, 0.15) is 5.82 Å². The number of aromatic nitrogens is 2. The zero-order chi connectivity index (χ0) is 21.6. The molecule has 0 saturated heterocycles. The fourth-order valence-corrected chi connectivity index (χ4v) is 5.45. The van der Waals surface area contributed by atoms with Gasteiger partial charge in [-0.1, -0.05) is 42.3 Å². The van der Waals surface area contributed by atoms with Gasteiger partial charge in [0.15, 0.2) is 0 Å². The van der Waals surface area contributed by atoms with Crippen molar-refractivity contribution in [2.24, 2.45) is 5.41 Å². The van der Waals surface area contributed by atoms with E-state index < -0.39 is 5.60 Å². The largest absolute Gasteiger partial charge is 0.389 e. The zero-order valence-corrected chi connectivity index (χ0v) is 18.2. The van der Waals surface area contributed by atoms with Crippen LogP contribution >= 0.6 is 0 Å². The van der Waals surface area contributed by atoms with Gasteiger partial charge in [-0.2, -0.15) is 5.10 Å². The number of fused-ring (bicyclic) bond motifs is 2. The summed E-state index contributed by atoms with van der Waals surface area (Å²) in [5.41, 5.74) is 5.87. The van der Waals surface area contributed by atoms with Crippen LogP contribution in [0.3, 0.4) is 0 Å². The highest BCUT2D eigenvalue weighted by Gasteiger charge is 2.52. The molecule has 0 spiro atoms. The van der Waals surface area contributed by atoms with Crippen LogP contribution in [0.4, 0.5) is 4.39 Å². The van der Waals surface area contributed by atoms with Gasteiger partial charge < -0.3 is 5.11 Å². The van der Waals surface area contributed by atoms with Crippen LogP contribution in [0.25, 0.3) is 11.8 Å². The molecule has 2 aliphatic rings. The first-order chi connectivity index (χ1) is 14.9. The summed E-state index contributed by atoms with van der Waals surface area (Å²) >= 11 is 0. The van der Waals surface area contributed by atoms with Crippen LogP contribution in [0.15, 0.2) is 60.3 Å². The predicted octanol–water partition coefficient (Wildman–Crippen LogP) is 5.81. The normalized spacial score (nSPS) is 25.0. The molecule has 3 aromatic rings. The van der Waals surface area contributed by atoms with Crippen molar-refractivity contribution < 1.29 is 9.50 Å². The minimum atomic E-state index is -0.738. The molecule has 1 fully saturated rings. The van der Waals surface area contributed by atoms with Crippen molar-refractivity contribution in [1.29, 1.82) is 0 Å². The minimum absolute atomic E-state index is 0.248. The number of hydrogen-bond acceptors (Lipinski definition) is 2. The lowest BCUT2D eigenvalue weighted by atomic mass is 9.56. The first kappa shape index (κ1) is 20.2. The van der Waals surface area contributed by atoms with Gasteiger partial charge in [-0.05, 0) is 86.9 Å². The molecule has 2 aromatic carbocycles. The highest BCUT2D eigenvalue weighted by atomic mass is 19.1. The number of hydrogen-bond donors (Lipinski definition) is 1. The molecule has 4 heteroatoms. The molecular weight excluding hydrogens is 387 g/mol. The fraction of sp³-hybridized carbons (Fsp3) is 0.370. The van der Waals surface area contributed by atoms with Crippen LogP contribution in [-0.2, 0) is 12.8 Å². The summed E-state index contributed by atoms with van der Waals surface area (Å²) in [6.07, 6.45) is 9.36. The Labute approximate surface area is 183 Å². The highest BCUT2D eigenvalue weighted by Crippen LogP contribution is 2.54. The van der Waals surface area contributed by atoms with Gasteiger partial charge in [-0.3, -0.25) is 0 Å². The molecule has 0 amide bonds. The minimum Gasteiger partial charge on any atom is -0.389 e. The Morgan fingerprint density at radius 2 is 1.84 bits per heavy atom. The number of aryl methyl sites for hydroxylation is 2. The first-order valence-electron chi connectivity index (χ1n) is 11.2. The Hall–Kier alpha value is -2.72. The number of nitrogens with zero attached hydrogens (tertiary/aromatic N) is 2. The molecule has 3 nitrogen and oxygen atoms in total. The quantitative estimate of drug-likeness (QED) is 0.582. The Balaban J connectivity index is 1.45. The van der Waals surface area contributed by atoms with E-state index in [-0.39, 0.29) is 11.2 Å². The highest BCUT2D eigenvalue weighted by molar-refractivity contribution is 5.62. The summed E-state index contributed by atoms with van der Waals surface area (Å²) in [6, 6.07) is 15.1. The molecule has 0 radical (unpaired) electrons. The number of rotatable bonds is 4. The second-order valence-corrected chi connectivity index (χ2v) is 9.49. The Morgan fingerprint density at radius 1 is 1.10 bits per heavy atom. The lowest BCUT2D eigenvalue weighted by Crippen LogP contribution is -2.52. The summed E-state index contributed by atoms with van der Waals surface area (Å²) in [4.78, 5) is 0. The van der Waals surface area contributed by atoms with Crippen molar-refractivity contribution in [1.82, 2.24) is 9.78 Å². The average Bonchev–Trinajstić information content (AvgIpc) is 3.15. The monoisotopic (exact) mass is 416 g/mol. The molecule has 0 bridgehead atoms. The van der Waals surface area contributed by atoms with E-state index in [4.69, 9.17) is 0 Å². The molecule has 0 unspecified atom stereocenters. The molecule has 160 valence electrons. The van der Waals surface area contributed by atoms with E-state index in [1.54, 1.807) is 12.1 Å². The standard InChI is InChI=1S/C27H29FN2O/c1-19-5-7-20(8-6-19)13-15-27(31)14-3-4-22-16-25-21(17-26(22,27)2)18-29-30(25)24-11-9-23(28)10-12-24/h5-12,16,18,31H,3-4,13-15,17H2,1-2H3/t26-,27+/m0/s1. The zero-order valence-electron chi connectivity index (χ0n) is 18.2. The van der Waals surface area contributed by atoms with Crippen molar-refractivity contribution in [3.8, 4) is 5.69 Å². The molecule has 1 aromatic heterocycles. The van der Waals surface area contributed by atoms with Gasteiger partial charge in [-0.15, -0.1) is 0 Å².